The van der Waals surface area contributed by atoms with Crippen molar-refractivity contribution in [1.82, 2.24) is 0 Å². The molecule has 0 aromatic heterocycles. The Balaban J connectivity index is 1.45. The molecule has 1 saturated heterocycles. The Morgan fingerprint density at radius 2 is 1.79 bits per heavy atom. The van der Waals surface area contributed by atoms with Crippen molar-refractivity contribution in [3.8, 4) is 5.75 Å². The number of aliphatic hydroxyl groups excluding tert-OH is 1. The zero-order valence-electron chi connectivity index (χ0n) is 17.7. The van der Waals surface area contributed by atoms with E-state index in [0.717, 1.165) is 10.2 Å². The summed E-state index contributed by atoms with van der Waals surface area (Å²) in [5, 5.41) is 10.5. The summed E-state index contributed by atoms with van der Waals surface area (Å²) in [6, 6.07) is 21.5. The molecule has 33 heavy (non-hydrogen) atoms. The van der Waals surface area contributed by atoms with Gasteiger partial charge in [-0.05, 0) is 60.9 Å². The normalized spacial score (nSPS) is 18.5. The van der Waals surface area contributed by atoms with Crippen LogP contribution in [0.2, 0.25) is 0 Å². The van der Waals surface area contributed by atoms with Crippen molar-refractivity contribution in [2.75, 3.05) is 4.90 Å². The highest BCUT2D eigenvalue weighted by atomic mass is 79.9. The Kier molecular flexibility index (Phi) is 7.20. The third kappa shape index (κ3) is 5.49. The first-order valence-electron chi connectivity index (χ1n) is 10.7. The monoisotopic (exact) mass is 511 g/mol. The summed E-state index contributed by atoms with van der Waals surface area (Å²) in [4.78, 5) is 27.3. The fourth-order valence-electron chi connectivity index (χ4n) is 4.12. The minimum atomic E-state index is -0.821. The summed E-state index contributed by atoms with van der Waals surface area (Å²) in [6.07, 6.45) is -0.0691. The van der Waals surface area contributed by atoms with Gasteiger partial charge >= 0.3 is 5.97 Å². The number of para-hydroxylation sites is 1. The number of ether oxygens (including phenoxy) is 1. The van der Waals surface area contributed by atoms with Crippen molar-refractivity contribution < 1.29 is 23.8 Å². The Hall–Kier alpha value is -3.03. The second kappa shape index (κ2) is 10.3. The SMILES string of the molecule is O=C(C[C@H]1[C@@H](CC[C@H](O)c2ccc(F)cc2)C(=O)N1c1ccccc1)Oc1cccc(Br)c1. The molecule has 0 saturated carbocycles. The van der Waals surface area contributed by atoms with Crippen LogP contribution in [0.3, 0.4) is 0 Å². The van der Waals surface area contributed by atoms with E-state index in [1.807, 2.05) is 36.4 Å². The average Bonchev–Trinajstić information content (AvgIpc) is 2.80. The molecule has 0 unspecified atom stereocenters. The summed E-state index contributed by atoms with van der Waals surface area (Å²) in [7, 11) is 0. The van der Waals surface area contributed by atoms with Gasteiger partial charge in [0.15, 0.2) is 0 Å². The Bertz CT molecular complexity index is 1120. The van der Waals surface area contributed by atoms with Crippen LogP contribution in [0.15, 0.2) is 83.3 Å². The van der Waals surface area contributed by atoms with Crippen LogP contribution in [-0.4, -0.2) is 23.0 Å². The number of benzene rings is 3. The predicted octanol–water partition coefficient (Wildman–Crippen LogP) is 5.43. The lowest BCUT2D eigenvalue weighted by Gasteiger charge is -2.47. The second-order valence-corrected chi connectivity index (χ2v) is 8.91. The van der Waals surface area contributed by atoms with Crippen LogP contribution in [0.5, 0.6) is 5.75 Å². The van der Waals surface area contributed by atoms with Crippen LogP contribution in [0.25, 0.3) is 0 Å². The first-order chi connectivity index (χ1) is 15.9. The quantitative estimate of drug-likeness (QED) is 0.249. The van der Waals surface area contributed by atoms with Gasteiger partial charge in [-0.3, -0.25) is 9.59 Å². The number of anilines is 1. The molecule has 1 N–H and O–H groups in total. The number of nitrogens with zero attached hydrogens (tertiary/aromatic N) is 1. The molecule has 1 aliphatic rings. The minimum absolute atomic E-state index is 0.0322. The molecular weight excluding hydrogens is 489 g/mol. The van der Waals surface area contributed by atoms with Crippen LogP contribution < -0.4 is 9.64 Å². The summed E-state index contributed by atoms with van der Waals surface area (Å²) in [5.74, 6) is -0.893. The molecular formula is C26H23BrFNO4. The first kappa shape index (κ1) is 23.1. The highest BCUT2D eigenvalue weighted by Gasteiger charge is 2.48. The van der Waals surface area contributed by atoms with E-state index < -0.39 is 18.0 Å². The van der Waals surface area contributed by atoms with E-state index in [4.69, 9.17) is 4.74 Å². The molecule has 3 aromatic rings. The Morgan fingerprint density at radius 1 is 1.06 bits per heavy atom. The topological polar surface area (TPSA) is 66.8 Å². The van der Waals surface area contributed by atoms with Gasteiger partial charge in [-0.25, -0.2) is 4.39 Å². The largest absolute Gasteiger partial charge is 0.426 e. The first-order valence-corrected chi connectivity index (χ1v) is 11.5. The van der Waals surface area contributed by atoms with E-state index in [1.54, 1.807) is 23.1 Å². The van der Waals surface area contributed by atoms with Gasteiger partial charge in [0.1, 0.15) is 11.6 Å². The van der Waals surface area contributed by atoms with E-state index in [1.165, 1.54) is 24.3 Å². The zero-order chi connectivity index (χ0) is 23.4. The lowest BCUT2D eigenvalue weighted by Crippen LogP contribution is -2.62. The molecule has 1 aliphatic heterocycles. The summed E-state index contributed by atoms with van der Waals surface area (Å²) < 4.78 is 19.4. The van der Waals surface area contributed by atoms with Crippen LogP contribution in [0, 0.1) is 11.7 Å². The molecule has 0 bridgehead atoms. The van der Waals surface area contributed by atoms with Gasteiger partial charge in [-0.2, -0.15) is 0 Å². The molecule has 1 heterocycles. The van der Waals surface area contributed by atoms with Crippen LogP contribution >= 0.6 is 15.9 Å². The van der Waals surface area contributed by atoms with E-state index in [0.29, 0.717) is 24.2 Å². The van der Waals surface area contributed by atoms with Crippen LogP contribution in [0.1, 0.15) is 30.9 Å². The third-order valence-corrected chi connectivity index (χ3v) is 6.29. The van der Waals surface area contributed by atoms with Crippen molar-refractivity contribution in [3.63, 3.8) is 0 Å². The van der Waals surface area contributed by atoms with Crippen LogP contribution in [0.4, 0.5) is 10.1 Å². The van der Waals surface area contributed by atoms with Gasteiger partial charge in [-0.1, -0.05) is 52.3 Å². The maximum Gasteiger partial charge on any atom is 0.313 e. The third-order valence-electron chi connectivity index (χ3n) is 5.79. The molecule has 4 rings (SSSR count). The summed E-state index contributed by atoms with van der Waals surface area (Å²) in [5.41, 5.74) is 1.31. The Morgan fingerprint density at radius 3 is 2.48 bits per heavy atom. The standard InChI is InChI=1S/C26H23BrFNO4/c27-18-5-4-8-21(15-18)33-25(31)16-23-22(26(32)29(23)20-6-2-1-3-7-20)13-14-24(30)17-9-11-19(28)12-10-17/h1-12,15,22-24,30H,13-14,16H2/t22-,23+,24+/m1/s1. The number of carbonyl (C=O) groups is 2. The molecule has 3 atom stereocenters. The maximum absolute atomic E-state index is 13.2. The van der Waals surface area contributed by atoms with Crippen molar-refractivity contribution in [1.29, 1.82) is 0 Å². The zero-order valence-corrected chi connectivity index (χ0v) is 19.3. The predicted molar refractivity (Wildman–Crippen MR) is 126 cm³/mol. The van der Waals surface area contributed by atoms with Crippen molar-refractivity contribution >= 4 is 33.5 Å². The summed E-state index contributed by atoms with van der Waals surface area (Å²) in [6.45, 7) is 0. The average molecular weight is 512 g/mol. The van der Waals surface area contributed by atoms with E-state index in [-0.39, 0.29) is 24.2 Å². The van der Waals surface area contributed by atoms with Gasteiger partial charge in [-0.15, -0.1) is 0 Å². The van der Waals surface area contributed by atoms with E-state index in [9.17, 15) is 19.1 Å². The van der Waals surface area contributed by atoms with Gasteiger partial charge in [0.2, 0.25) is 5.91 Å². The number of aliphatic hydroxyl groups is 1. The second-order valence-electron chi connectivity index (χ2n) is 8.00. The lowest BCUT2D eigenvalue weighted by molar-refractivity contribution is -0.138. The van der Waals surface area contributed by atoms with Crippen LogP contribution in [-0.2, 0) is 9.59 Å². The molecule has 0 radical (unpaired) electrons. The smallest absolute Gasteiger partial charge is 0.313 e. The van der Waals surface area contributed by atoms with Gasteiger partial charge in [0.25, 0.3) is 0 Å². The van der Waals surface area contributed by atoms with Gasteiger partial charge in [0.05, 0.1) is 24.5 Å². The molecule has 0 aliphatic carbocycles. The van der Waals surface area contributed by atoms with E-state index in [2.05, 4.69) is 15.9 Å². The Labute approximate surface area is 199 Å². The van der Waals surface area contributed by atoms with Crippen molar-refractivity contribution in [2.45, 2.75) is 31.4 Å². The molecule has 3 aromatic carbocycles. The molecule has 7 heteroatoms. The number of halogens is 2. The minimum Gasteiger partial charge on any atom is -0.426 e. The maximum atomic E-state index is 13.2. The van der Waals surface area contributed by atoms with Gasteiger partial charge < -0.3 is 14.7 Å². The van der Waals surface area contributed by atoms with Gasteiger partial charge in [0, 0.05) is 10.2 Å². The molecule has 1 fully saturated rings. The van der Waals surface area contributed by atoms with E-state index >= 15 is 0 Å². The summed E-state index contributed by atoms with van der Waals surface area (Å²) >= 11 is 3.35. The number of hydrogen-bond donors (Lipinski definition) is 1. The lowest BCUT2D eigenvalue weighted by atomic mass is 9.80. The van der Waals surface area contributed by atoms with Crippen molar-refractivity contribution in [3.05, 3.63) is 94.7 Å². The molecule has 170 valence electrons. The molecule has 5 nitrogen and oxygen atoms in total. The number of β-lactam (4-membered cyclic amide) rings is 1. The molecule has 0 spiro atoms. The fraction of sp³-hybridized carbons (Fsp3) is 0.231. The fourth-order valence-corrected chi connectivity index (χ4v) is 4.50. The number of rotatable bonds is 8. The molecule has 1 amide bonds. The number of esters is 1. The highest BCUT2D eigenvalue weighted by Crippen LogP contribution is 2.38. The van der Waals surface area contributed by atoms with Crippen molar-refractivity contribution in [2.24, 2.45) is 5.92 Å². The number of amides is 1. The number of hydrogen-bond acceptors (Lipinski definition) is 4. The number of carbonyl (C=O) groups excluding carboxylic acids is 2. The highest BCUT2D eigenvalue weighted by molar-refractivity contribution is 9.10.